The third-order valence-corrected chi connectivity index (χ3v) is 2.84. The lowest BCUT2D eigenvalue weighted by Crippen LogP contribution is -2.19. The fourth-order valence-electron chi connectivity index (χ4n) is 1.78. The van der Waals surface area contributed by atoms with Crippen molar-refractivity contribution in [2.45, 2.75) is 6.92 Å². The highest BCUT2D eigenvalue weighted by molar-refractivity contribution is 5.73. The van der Waals surface area contributed by atoms with Gasteiger partial charge in [-0.1, -0.05) is 12.2 Å². The van der Waals surface area contributed by atoms with E-state index in [4.69, 9.17) is 9.47 Å². The minimum absolute atomic E-state index is 0.0814. The Balaban J connectivity index is 2.00. The van der Waals surface area contributed by atoms with E-state index in [-0.39, 0.29) is 5.91 Å². The first kappa shape index (κ1) is 16.5. The van der Waals surface area contributed by atoms with Gasteiger partial charge in [0.25, 0.3) is 0 Å². The summed E-state index contributed by atoms with van der Waals surface area (Å²) >= 11 is 0. The summed E-state index contributed by atoms with van der Waals surface area (Å²) in [4.78, 5) is 14.9. The molecule has 0 fully saturated rings. The second kappa shape index (κ2) is 7.93. The van der Waals surface area contributed by atoms with Gasteiger partial charge < -0.3 is 14.8 Å². The van der Waals surface area contributed by atoms with Crippen molar-refractivity contribution in [1.29, 1.82) is 0 Å². The molecule has 0 radical (unpaired) electrons. The number of hydrogen-bond donors (Lipinski definition) is 1. The van der Waals surface area contributed by atoms with Crippen LogP contribution in [0.1, 0.15) is 12.5 Å². The third kappa shape index (κ3) is 5.43. The number of carbonyl (C=O) groups excluding carboxylic acids is 1. The molecular formula is C17H17FN2O3. The number of ether oxygens (including phenoxy) is 2. The molecule has 1 aromatic carbocycles. The van der Waals surface area contributed by atoms with Crippen molar-refractivity contribution >= 4 is 12.0 Å². The summed E-state index contributed by atoms with van der Waals surface area (Å²) in [5, 5.41) is 2.66. The number of hydrogen-bond acceptors (Lipinski definition) is 4. The SMILES string of the molecule is COc1cc(F)cc(Oc2ccc(/C=C/CNC(C)=O)cn2)c1. The number of aromatic nitrogens is 1. The Hall–Kier alpha value is -2.89. The Bertz CT molecular complexity index is 699. The highest BCUT2D eigenvalue weighted by atomic mass is 19.1. The summed E-state index contributed by atoms with van der Waals surface area (Å²) in [5.74, 6) is 0.497. The third-order valence-electron chi connectivity index (χ3n) is 2.84. The van der Waals surface area contributed by atoms with Crippen LogP contribution in [-0.4, -0.2) is 24.5 Å². The molecule has 0 aliphatic rings. The maximum absolute atomic E-state index is 13.4. The molecule has 5 nitrogen and oxygen atoms in total. The van der Waals surface area contributed by atoms with Crippen LogP contribution in [0.3, 0.4) is 0 Å². The van der Waals surface area contributed by atoms with Crippen molar-refractivity contribution < 1.29 is 18.7 Å². The Morgan fingerprint density at radius 1 is 1.30 bits per heavy atom. The molecule has 1 amide bonds. The number of benzene rings is 1. The maximum Gasteiger partial charge on any atom is 0.219 e. The van der Waals surface area contributed by atoms with Crippen LogP contribution in [0.2, 0.25) is 0 Å². The molecule has 6 heteroatoms. The molecule has 0 bridgehead atoms. The van der Waals surface area contributed by atoms with Gasteiger partial charge in [-0.05, 0) is 11.6 Å². The fraction of sp³-hybridized carbons (Fsp3) is 0.176. The van der Waals surface area contributed by atoms with Crippen molar-refractivity contribution in [3.8, 4) is 17.4 Å². The summed E-state index contributed by atoms with van der Waals surface area (Å²) in [5.41, 5.74) is 0.861. The highest BCUT2D eigenvalue weighted by Crippen LogP contribution is 2.25. The quantitative estimate of drug-likeness (QED) is 0.889. The molecule has 0 spiro atoms. The number of rotatable bonds is 6. The van der Waals surface area contributed by atoms with Crippen LogP contribution in [0.15, 0.2) is 42.6 Å². The molecule has 1 N–H and O–H groups in total. The largest absolute Gasteiger partial charge is 0.497 e. The van der Waals surface area contributed by atoms with Crippen molar-refractivity contribution in [3.05, 3.63) is 54.0 Å². The van der Waals surface area contributed by atoms with E-state index in [9.17, 15) is 9.18 Å². The van der Waals surface area contributed by atoms with E-state index in [1.54, 1.807) is 18.3 Å². The minimum atomic E-state index is -0.447. The lowest BCUT2D eigenvalue weighted by atomic mass is 10.2. The molecule has 0 aliphatic carbocycles. The Labute approximate surface area is 133 Å². The van der Waals surface area contributed by atoms with E-state index < -0.39 is 5.82 Å². The smallest absolute Gasteiger partial charge is 0.219 e. The first-order valence-electron chi connectivity index (χ1n) is 6.96. The molecule has 2 aromatic rings. The van der Waals surface area contributed by atoms with Crippen LogP contribution in [0.25, 0.3) is 6.08 Å². The lowest BCUT2D eigenvalue weighted by molar-refractivity contribution is -0.118. The number of halogens is 1. The number of nitrogens with one attached hydrogen (secondary N) is 1. The van der Waals surface area contributed by atoms with Crippen molar-refractivity contribution in [2.24, 2.45) is 0 Å². The van der Waals surface area contributed by atoms with Gasteiger partial charge in [-0.25, -0.2) is 9.37 Å². The zero-order chi connectivity index (χ0) is 16.7. The van der Waals surface area contributed by atoms with Crippen molar-refractivity contribution in [3.63, 3.8) is 0 Å². The van der Waals surface area contributed by atoms with Gasteiger partial charge in [0, 0.05) is 43.9 Å². The average Bonchev–Trinajstić information content (AvgIpc) is 2.52. The topological polar surface area (TPSA) is 60.5 Å². The van der Waals surface area contributed by atoms with Gasteiger partial charge in [0.1, 0.15) is 17.3 Å². The fourth-order valence-corrected chi connectivity index (χ4v) is 1.78. The molecular weight excluding hydrogens is 299 g/mol. The zero-order valence-electron chi connectivity index (χ0n) is 12.9. The Morgan fingerprint density at radius 3 is 2.74 bits per heavy atom. The standard InChI is InChI=1S/C17H17FN2O3/c1-12(21)19-7-3-4-13-5-6-17(20-11-13)23-16-9-14(18)8-15(10-16)22-2/h3-6,8-11H,7H2,1-2H3,(H,19,21)/b4-3+. The Kier molecular flexibility index (Phi) is 5.68. The molecule has 23 heavy (non-hydrogen) atoms. The molecule has 1 heterocycles. The molecule has 0 saturated heterocycles. The molecule has 0 saturated carbocycles. The predicted molar refractivity (Wildman–Crippen MR) is 85.0 cm³/mol. The summed E-state index contributed by atoms with van der Waals surface area (Å²) in [6.07, 6.45) is 5.27. The zero-order valence-corrected chi connectivity index (χ0v) is 12.9. The summed E-state index contributed by atoms with van der Waals surface area (Å²) in [6.45, 7) is 1.92. The van der Waals surface area contributed by atoms with E-state index in [0.717, 1.165) is 5.56 Å². The Morgan fingerprint density at radius 2 is 2.09 bits per heavy atom. The predicted octanol–water partition coefficient (Wildman–Crippen LogP) is 3.17. The van der Waals surface area contributed by atoms with Gasteiger partial charge in [-0.15, -0.1) is 0 Å². The molecule has 0 atom stereocenters. The number of amides is 1. The van der Waals surface area contributed by atoms with E-state index in [1.807, 2.05) is 18.2 Å². The first-order valence-corrected chi connectivity index (χ1v) is 6.96. The van der Waals surface area contributed by atoms with Crippen LogP contribution in [-0.2, 0) is 4.79 Å². The van der Waals surface area contributed by atoms with Crippen molar-refractivity contribution in [1.82, 2.24) is 10.3 Å². The van der Waals surface area contributed by atoms with Gasteiger partial charge in [-0.2, -0.15) is 0 Å². The lowest BCUT2D eigenvalue weighted by Gasteiger charge is -2.07. The summed E-state index contributed by atoms with van der Waals surface area (Å²) in [7, 11) is 1.46. The maximum atomic E-state index is 13.4. The van der Waals surface area contributed by atoms with Crippen LogP contribution >= 0.6 is 0 Å². The highest BCUT2D eigenvalue weighted by Gasteiger charge is 2.04. The number of pyridine rings is 1. The van der Waals surface area contributed by atoms with Gasteiger partial charge in [0.2, 0.25) is 11.8 Å². The van der Waals surface area contributed by atoms with Crippen molar-refractivity contribution in [2.75, 3.05) is 13.7 Å². The summed E-state index contributed by atoms with van der Waals surface area (Å²) < 4.78 is 23.9. The van der Waals surface area contributed by atoms with Crippen LogP contribution in [0, 0.1) is 5.82 Å². The number of carbonyl (C=O) groups is 1. The monoisotopic (exact) mass is 316 g/mol. The molecule has 2 rings (SSSR count). The first-order chi connectivity index (χ1) is 11.1. The van der Waals surface area contributed by atoms with E-state index in [1.165, 1.54) is 26.2 Å². The van der Waals surface area contributed by atoms with Crippen LogP contribution in [0.4, 0.5) is 4.39 Å². The number of nitrogens with zero attached hydrogens (tertiary/aromatic N) is 1. The number of methoxy groups -OCH3 is 1. The summed E-state index contributed by atoms with van der Waals surface area (Å²) in [6, 6.07) is 7.58. The van der Waals surface area contributed by atoms with Crippen LogP contribution < -0.4 is 14.8 Å². The van der Waals surface area contributed by atoms with Gasteiger partial charge in [0.05, 0.1) is 7.11 Å². The minimum Gasteiger partial charge on any atom is -0.497 e. The molecule has 0 aliphatic heterocycles. The second-order valence-electron chi connectivity index (χ2n) is 4.70. The normalized spacial score (nSPS) is 10.6. The molecule has 120 valence electrons. The van der Waals surface area contributed by atoms with E-state index in [0.29, 0.717) is 23.9 Å². The molecule has 0 unspecified atom stereocenters. The van der Waals surface area contributed by atoms with Gasteiger partial charge in [0.15, 0.2) is 0 Å². The van der Waals surface area contributed by atoms with E-state index >= 15 is 0 Å². The van der Waals surface area contributed by atoms with Gasteiger partial charge >= 0.3 is 0 Å². The second-order valence-corrected chi connectivity index (χ2v) is 4.70. The average molecular weight is 316 g/mol. The molecule has 1 aromatic heterocycles. The van der Waals surface area contributed by atoms with Gasteiger partial charge in [-0.3, -0.25) is 4.79 Å². The van der Waals surface area contributed by atoms with Crippen LogP contribution in [0.5, 0.6) is 17.4 Å². The van der Waals surface area contributed by atoms with E-state index in [2.05, 4.69) is 10.3 Å².